The quantitative estimate of drug-likeness (QED) is 0.865. The minimum atomic E-state index is -0.450. The van der Waals surface area contributed by atoms with E-state index < -0.39 is 11.2 Å². The van der Waals surface area contributed by atoms with Gasteiger partial charge in [0.1, 0.15) is 16.9 Å². The van der Waals surface area contributed by atoms with E-state index in [-0.39, 0.29) is 17.6 Å². The first-order valence-electron chi connectivity index (χ1n) is 5.18. The lowest BCUT2D eigenvalue weighted by Crippen LogP contribution is -1.95. The third-order valence-electron chi connectivity index (χ3n) is 2.20. The maximum Gasteiger partial charge on any atom is 0.320 e. The zero-order valence-corrected chi connectivity index (χ0v) is 10.5. The molecule has 0 saturated heterocycles. The fourth-order valence-corrected chi connectivity index (χ4v) is 1.38. The Kier molecular flexibility index (Phi) is 3.66. The van der Waals surface area contributed by atoms with Crippen molar-refractivity contribution in [3.63, 3.8) is 0 Å². The molecule has 1 aromatic carbocycles. The minimum Gasteiger partial charge on any atom is -0.497 e. The fraction of sp³-hybridized carbons (Fsp3) is 0.273. The first kappa shape index (κ1) is 12.6. The van der Waals surface area contributed by atoms with Gasteiger partial charge in [-0.15, -0.1) is 16.7 Å². The van der Waals surface area contributed by atoms with Crippen molar-refractivity contribution in [3.8, 4) is 5.75 Å². The van der Waals surface area contributed by atoms with Gasteiger partial charge in [-0.2, -0.15) is 0 Å². The van der Waals surface area contributed by atoms with Gasteiger partial charge in [0.2, 0.25) is 5.89 Å². The third-order valence-corrected chi connectivity index (χ3v) is 2.38. The van der Waals surface area contributed by atoms with Crippen molar-refractivity contribution in [3.05, 3.63) is 29.9 Å². The molecule has 0 fully saturated rings. The average molecular weight is 272 g/mol. The molecule has 18 heavy (non-hydrogen) atoms. The zero-order valence-electron chi connectivity index (χ0n) is 9.78. The van der Waals surface area contributed by atoms with Gasteiger partial charge < -0.3 is 14.5 Å². The van der Waals surface area contributed by atoms with Crippen LogP contribution in [0.3, 0.4) is 0 Å². The third kappa shape index (κ3) is 2.70. The second-order valence-corrected chi connectivity index (χ2v) is 4.19. The van der Waals surface area contributed by atoms with Crippen LogP contribution < -0.4 is 10.1 Å². The van der Waals surface area contributed by atoms with Crippen LogP contribution in [0.25, 0.3) is 0 Å². The Morgan fingerprint density at radius 1 is 1.44 bits per heavy atom. The summed E-state index contributed by atoms with van der Waals surface area (Å²) in [6.07, 6.45) is 0. The Bertz CT molecular complexity index is 545. The number of anilines is 2. The first-order valence-corrected chi connectivity index (χ1v) is 5.62. The van der Waals surface area contributed by atoms with E-state index in [1.807, 2.05) is 0 Å². The highest BCUT2D eigenvalue weighted by molar-refractivity contribution is 6.20. The molecule has 1 N–H and O–H groups in total. The maximum absolute atomic E-state index is 13.5. The second kappa shape index (κ2) is 5.22. The number of nitrogens with one attached hydrogen (secondary N) is 1. The summed E-state index contributed by atoms with van der Waals surface area (Å²) in [5.41, 5.74) is 0.187. The lowest BCUT2D eigenvalue weighted by Gasteiger charge is -2.05. The number of aromatic nitrogens is 2. The standard InChI is InChI=1S/C11H11ClFN3O2/c1-6(12)10-15-16-11(18-10)14-9-5-7(17-2)3-4-8(9)13/h3-6H,1-2H3,(H,14,16). The van der Waals surface area contributed by atoms with E-state index >= 15 is 0 Å². The van der Waals surface area contributed by atoms with Gasteiger partial charge in [0.15, 0.2) is 0 Å². The van der Waals surface area contributed by atoms with Gasteiger partial charge in [-0.05, 0) is 19.1 Å². The number of hydrogen-bond acceptors (Lipinski definition) is 5. The summed E-state index contributed by atoms with van der Waals surface area (Å²) < 4.78 is 23.7. The molecule has 7 heteroatoms. The monoisotopic (exact) mass is 271 g/mol. The number of ether oxygens (including phenoxy) is 1. The van der Waals surface area contributed by atoms with Crippen LogP contribution in [0.2, 0.25) is 0 Å². The molecule has 0 aliphatic heterocycles. The lowest BCUT2D eigenvalue weighted by molar-refractivity contribution is 0.414. The van der Waals surface area contributed by atoms with E-state index in [0.29, 0.717) is 5.75 Å². The van der Waals surface area contributed by atoms with Crippen molar-refractivity contribution in [1.82, 2.24) is 10.2 Å². The number of rotatable bonds is 4. The predicted octanol–water partition coefficient (Wildman–Crippen LogP) is 3.26. The van der Waals surface area contributed by atoms with Gasteiger partial charge >= 0.3 is 6.01 Å². The predicted molar refractivity (Wildman–Crippen MR) is 64.8 cm³/mol. The summed E-state index contributed by atoms with van der Waals surface area (Å²) in [6.45, 7) is 1.70. The average Bonchev–Trinajstić information content (AvgIpc) is 2.81. The molecule has 0 aliphatic carbocycles. The highest BCUT2D eigenvalue weighted by Crippen LogP contribution is 2.25. The first-order chi connectivity index (χ1) is 8.60. The summed E-state index contributed by atoms with van der Waals surface area (Å²) in [5, 5.41) is 9.70. The van der Waals surface area contributed by atoms with Gasteiger partial charge in [-0.25, -0.2) is 4.39 Å². The largest absolute Gasteiger partial charge is 0.497 e. The Hall–Kier alpha value is -1.82. The van der Waals surface area contributed by atoms with Crippen LogP contribution >= 0.6 is 11.6 Å². The van der Waals surface area contributed by atoms with Crippen molar-refractivity contribution in [2.45, 2.75) is 12.3 Å². The van der Waals surface area contributed by atoms with Crippen LogP contribution in [0.1, 0.15) is 18.2 Å². The summed E-state index contributed by atoms with van der Waals surface area (Å²) in [6, 6.07) is 4.36. The van der Waals surface area contributed by atoms with Gasteiger partial charge in [0.05, 0.1) is 12.8 Å². The molecular formula is C11H11ClFN3O2. The maximum atomic E-state index is 13.5. The molecule has 0 aliphatic rings. The van der Waals surface area contributed by atoms with E-state index in [1.54, 1.807) is 6.92 Å². The fourth-order valence-electron chi connectivity index (χ4n) is 1.29. The van der Waals surface area contributed by atoms with Gasteiger partial charge in [0, 0.05) is 6.07 Å². The zero-order chi connectivity index (χ0) is 13.1. The van der Waals surface area contributed by atoms with Crippen LogP contribution in [0.4, 0.5) is 16.1 Å². The van der Waals surface area contributed by atoms with Gasteiger partial charge in [-0.1, -0.05) is 5.10 Å². The van der Waals surface area contributed by atoms with Crippen LogP contribution in [-0.4, -0.2) is 17.3 Å². The molecule has 0 saturated carbocycles. The Labute approximate surface area is 108 Å². The number of benzene rings is 1. The molecule has 2 aromatic rings. The normalized spacial score (nSPS) is 12.2. The molecule has 0 spiro atoms. The molecule has 1 aromatic heterocycles. The molecule has 1 heterocycles. The van der Waals surface area contributed by atoms with E-state index in [1.165, 1.54) is 25.3 Å². The highest BCUT2D eigenvalue weighted by atomic mass is 35.5. The van der Waals surface area contributed by atoms with E-state index in [9.17, 15) is 4.39 Å². The van der Waals surface area contributed by atoms with Crippen molar-refractivity contribution in [2.75, 3.05) is 12.4 Å². The molecule has 2 rings (SSSR count). The molecule has 0 bridgehead atoms. The van der Waals surface area contributed by atoms with Crippen LogP contribution in [0.15, 0.2) is 22.6 Å². The highest BCUT2D eigenvalue weighted by Gasteiger charge is 2.13. The SMILES string of the molecule is COc1ccc(F)c(Nc2nnc(C(C)Cl)o2)c1. The summed E-state index contributed by atoms with van der Waals surface area (Å²) in [5.74, 6) is 0.335. The number of halogens is 2. The van der Waals surface area contributed by atoms with Crippen molar-refractivity contribution in [2.24, 2.45) is 0 Å². The summed E-state index contributed by atoms with van der Waals surface area (Å²) in [7, 11) is 1.50. The van der Waals surface area contributed by atoms with Crippen LogP contribution in [-0.2, 0) is 0 Å². The van der Waals surface area contributed by atoms with E-state index in [0.717, 1.165) is 0 Å². The number of hydrogen-bond donors (Lipinski definition) is 1. The Morgan fingerprint density at radius 3 is 2.83 bits per heavy atom. The summed E-state index contributed by atoms with van der Waals surface area (Å²) >= 11 is 5.78. The molecule has 0 radical (unpaired) electrons. The topological polar surface area (TPSA) is 60.2 Å². The Morgan fingerprint density at radius 2 is 2.22 bits per heavy atom. The van der Waals surface area contributed by atoms with Crippen LogP contribution in [0, 0.1) is 5.82 Å². The number of nitrogens with zero attached hydrogens (tertiary/aromatic N) is 2. The Balaban J connectivity index is 2.22. The van der Waals surface area contributed by atoms with Gasteiger partial charge in [0.25, 0.3) is 0 Å². The summed E-state index contributed by atoms with van der Waals surface area (Å²) in [4.78, 5) is 0. The van der Waals surface area contributed by atoms with Crippen molar-refractivity contribution < 1.29 is 13.5 Å². The molecule has 5 nitrogen and oxygen atoms in total. The molecule has 96 valence electrons. The second-order valence-electron chi connectivity index (χ2n) is 3.53. The molecule has 1 unspecified atom stereocenters. The van der Waals surface area contributed by atoms with E-state index in [4.69, 9.17) is 20.8 Å². The molecule has 1 atom stereocenters. The van der Waals surface area contributed by atoms with Crippen LogP contribution in [0.5, 0.6) is 5.75 Å². The van der Waals surface area contributed by atoms with Gasteiger partial charge in [-0.3, -0.25) is 0 Å². The van der Waals surface area contributed by atoms with Crippen molar-refractivity contribution >= 4 is 23.3 Å². The molecular weight excluding hydrogens is 261 g/mol. The van der Waals surface area contributed by atoms with E-state index in [2.05, 4.69) is 15.5 Å². The smallest absolute Gasteiger partial charge is 0.320 e. The minimum absolute atomic E-state index is 0.0738. The molecule has 0 amide bonds. The number of methoxy groups -OCH3 is 1. The van der Waals surface area contributed by atoms with Crippen molar-refractivity contribution in [1.29, 1.82) is 0 Å². The lowest BCUT2D eigenvalue weighted by atomic mass is 10.3. The number of alkyl halides is 1.